The zero-order valence-electron chi connectivity index (χ0n) is 13.0. The van der Waals surface area contributed by atoms with Crippen LogP contribution >= 0.6 is 0 Å². The Kier molecular flexibility index (Phi) is 5.12. The number of nitrogens with one attached hydrogen (secondary N) is 1. The molecule has 3 N–H and O–H groups in total. The minimum Gasteiger partial charge on any atom is -0.439 e. The van der Waals surface area contributed by atoms with E-state index in [1.807, 2.05) is 45.0 Å². The van der Waals surface area contributed by atoms with Gasteiger partial charge in [-0.25, -0.2) is 4.98 Å². The highest BCUT2D eigenvalue weighted by molar-refractivity contribution is 5.94. The van der Waals surface area contributed by atoms with Crippen molar-refractivity contribution in [2.45, 2.75) is 26.8 Å². The average molecular weight is 299 g/mol. The second-order valence-corrected chi connectivity index (χ2v) is 5.56. The predicted molar refractivity (Wildman–Crippen MR) is 86.9 cm³/mol. The van der Waals surface area contributed by atoms with Crippen LogP contribution in [0, 0.1) is 12.8 Å². The molecule has 0 unspecified atom stereocenters. The van der Waals surface area contributed by atoms with Crippen LogP contribution in [0.15, 0.2) is 42.6 Å². The summed E-state index contributed by atoms with van der Waals surface area (Å²) in [5, 5.41) is 2.74. The molecule has 2 rings (SSSR count). The first-order valence-electron chi connectivity index (χ1n) is 7.22. The smallest absolute Gasteiger partial charge is 0.241 e. The minimum absolute atomic E-state index is 0.0807. The Bertz CT molecular complexity index is 621. The third kappa shape index (κ3) is 4.30. The summed E-state index contributed by atoms with van der Waals surface area (Å²) >= 11 is 0. The monoisotopic (exact) mass is 299 g/mol. The van der Waals surface area contributed by atoms with Crippen molar-refractivity contribution in [2.75, 3.05) is 5.32 Å². The molecular weight excluding hydrogens is 278 g/mol. The first-order valence-corrected chi connectivity index (χ1v) is 7.22. The van der Waals surface area contributed by atoms with Crippen LogP contribution in [0.1, 0.15) is 19.4 Å². The lowest BCUT2D eigenvalue weighted by atomic mass is 10.1. The van der Waals surface area contributed by atoms with Gasteiger partial charge in [-0.05, 0) is 31.0 Å². The Morgan fingerprint density at radius 2 is 1.86 bits per heavy atom. The van der Waals surface area contributed by atoms with E-state index < -0.39 is 6.04 Å². The van der Waals surface area contributed by atoms with Gasteiger partial charge in [0, 0.05) is 6.07 Å². The summed E-state index contributed by atoms with van der Waals surface area (Å²) in [5.41, 5.74) is 7.56. The molecular formula is C17H21N3O2. The molecule has 22 heavy (non-hydrogen) atoms. The number of benzene rings is 1. The number of ether oxygens (including phenoxy) is 1. The number of aryl methyl sites for hydroxylation is 1. The van der Waals surface area contributed by atoms with Gasteiger partial charge >= 0.3 is 0 Å². The van der Waals surface area contributed by atoms with Crippen LogP contribution in [0.2, 0.25) is 0 Å². The van der Waals surface area contributed by atoms with Crippen molar-refractivity contribution in [3.8, 4) is 11.6 Å². The van der Waals surface area contributed by atoms with E-state index in [9.17, 15) is 4.79 Å². The Hall–Kier alpha value is -2.40. The van der Waals surface area contributed by atoms with Crippen molar-refractivity contribution in [1.29, 1.82) is 0 Å². The van der Waals surface area contributed by atoms with Crippen molar-refractivity contribution >= 4 is 11.6 Å². The molecule has 0 bridgehead atoms. The molecule has 0 aliphatic rings. The van der Waals surface area contributed by atoms with Crippen molar-refractivity contribution in [3.63, 3.8) is 0 Å². The zero-order chi connectivity index (χ0) is 16.1. The predicted octanol–water partition coefficient (Wildman–Crippen LogP) is 3.10. The van der Waals surface area contributed by atoms with Gasteiger partial charge < -0.3 is 15.8 Å². The van der Waals surface area contributed by atoms with E-state index in [1.54, 1.807) is 18.3 Å². The zero-order valence-corrected chi connectivity index (χ0v) is 13.0. The molecule has 5 heteroatoms. The number of aromatic nitrogens is 1. The van der Waals surface area contributed by atoms with Crippen molar-refractivity contribution < 1.29 is 9.53 Å². The standard InChI is InChI=1S/C17H21N3O2/c1-11(2)16(18)17(21)20-13-6-9-15(19-10-13)22-14-7-4-12(3)5-8-14/h4-11,16H,18H2,1-3H3,(H,20,21)/t16-/m0/s1. The number of amides is 1. The first-order chi connectivity index (χ1) is 10.5. The normalized spacial score (nSPS) is 12.0. The number of pyridine rings is 1. The largest absolute Gasteiger partial charge is 0.439 e. The number of carbonyl (C=O) groups excluding carboxylic acids is 1. The summed E-state index contributed by atoms with van der Waals surface area (Å²) in [6.07, 6.45) is 1.55. The highest BCUT2D eigenvalue weighted by Gasteiger charge is 2.17. The van der Waals surface area contributed by atoms with Crippen LogP contribution in [0.4, 0.5) is 5.69 Å². The van der Waals surface area contributed by atoms with Crippen LogP contribution in [-0.2, 0) is 4.79 Å². The van der Waals surface area contributed by atoms with E-state index in [-0.39, 0.29) is 11.8 Å². The lowest BCUT2D eigenvalue weighted by Crippen LogP contribution is -2.39. The third-order valence-electron chi connectivity index (χ3n) is 3.27. The quantitative estimate of drug-likeness (QED) is 0.889. The molecule has 116 valence electrons. The van der Waals surface area contributed by atoms with E-state index >= 15 is 0 Å². The first kappa shape index (κ1) is 16.0. The van der Waals surface area contributed by atoms with Gasteiger partial charge in [0.2, 0.25) is 11.8 Å². The van der Waals surface area contributed by atoms with E-state index in [1.165, 1.54) is 5.56 Å². The van der Waals surface area contributed by atoms with Gasteiger partial charge in [0.1, 0.15) is 5.75 Å². The molecule has 5 nitrogen and oxygen atoms in total. The molecule has 0 aliphatic carbocycles. The van der Waals surface area contributed by atoms with Gasteiger partial charge in [0.25, 0.3) is 0 Å². The topological polar surface area (TPSA) is 77.2 Å². The summed E-state index contributed by atoms with van der Waals surface area (Å²) in [4.78, 5) is 16.0. The van der Waals surface area contributed by atoms with Crippen LogP contribution in [0.25, 0.3) is 0 Å². The molecule has 1 amide bonds. The van der Waals surface area contributed by atoms with Crippen LogP contribution in [-0.4, -0.2) is 16.9 Å². The van der Waals surface area contributed by atoms with E-state index in [2.05, 4.69) is 10.3 Å². The maximum Gasteiger partial charge on any atom is 0.241 e. The molecule has 2 aromatic rings. The third-order valence-corrected chi connectivity index (χ3v) is 3.27. The van der Waals surface area contributed by atoms with Crippen LogP contribution < -0.4 is 15.8 Å². The number of rotatable bonds is 5. The summed E-state index contributed by atoms with van der Waals surface area (Å²) in [5.74, 6) is 1.05. The van der Waals surface area contributed by atoms with Crippen molar-refractivity contribution in [1.82, 2.24) is 4.98 Å². The number of anilines is 1. The van der Waals surface area contributed by atoms with Gasteiger partial charge in [0.15, 0.2) is 0 Å². The lowest BCUT2D eigenvalue weighted by molar-refractivity contribution is -0.118. The van der Waals surface area contributed by atoms with E-state index in [0.29, 0.717) is 11.6 Å². The molecule has 0 aliphatic heterocycles. The molecule has 1 heterocycles. The van der Waals surface area contributed by atoms with Crippen molar-refractivity contribution in [2.24, 2.45) is 11.7 Å². The number of hydrogen-bond donors (Lipinski definition) is 2. The SMILES string of the molecule is Cc1ccc(Oc2ccc(NC(=O)[C@@H](N)C(C)C)cn2)cc1. The molecule has 0 spiro atoms. The van der Waals surface area contributed by atoms with Crippen LogP contribution in [0.3, 0.4) is 0 Å². The van der Waals surface area contributed by atoms with E-state index in [4.69, 9.17) is 10.5 Å². The average Bonchev–Trinajstić information content (AvgIpc) is 2.50. The number of carbonyl (C=O) groups is 1. The molecule has 1 aromatic heterocycles. The fourth-order valence-electron chi connectivity index (χ4n) is 1.77. The number of nitrogens with zero attached hydrogens (tertiary/aromatic N) is 1. The van der Waals surface area contributed by atoms with E-state index in [0.717, 1.165) is 5.75 Å². The second kappa shape index (κ2) is 7.04. The van der Waals surface area contributed by atoms with Gasteiger partial charge in [-0.2, -0.15) is 0 Å². The fraction of sp³-hybridized carbons (Fsp3) is 0.294. The maximum absolute atomic E-state index is 11.9. The van der Waals surface area contributed by atoms with Crippen molar-refractivity contribution in [3.05, 3.63) is 48.2 Å². The maximum atomic E-state index is 11.9. The Morgan fingerprint density at radius 1 is 1.18 bits per heavy atom. The summed E-state index contributed by atoms with van der Waals surface area (Å²) in [6, 6.07) is 10.6. The molecule has 0 fully saturated rings. The second-order valence-electron chi connectivity index (χ2n) is 5.56. The fourth-order valence-corrected chi connectivity index (χ4v) is 1.77. The number of hydrogen-bond acceptors (Lipinski definition) is 4. The molecule has 0 saturated carbocycles. The highest BCUT2D eigenvalue weighted by Crippen LogP contribution is 2.20. The Balaban J connectivity index is 1.98. The summed E-state index contributed by atoms with van der Waals surface area (Å²) < 4.78 is 5.63. The Morgan fingerprint density at radius 3 is 2.41 bits per heavy atom. The number of nitrogens with two attached hydrogens (primary N) is 1. The summed E-state index contributed by atoms with van der Waals surface area (Å²) in [6.45, 7) is 5.82. The van der Waals surface area contributed by atoms with Gasteiger partial charge in [-0.3, -0.25) is 4.79 Å². The van der Waals surface area contributed by atoms with Gasteiger partial charge in [0.05, 0.1) is 17.9 Å². The minimum atomic E-state index is -0.538. The molecule has 0 radical (unpaired) electrons. The Labute approximate surface area is 130 Å². The molecule has 1 atom stereocenters. The highest BCUT2D eigenvalue weighted by atomic mass is 16.5. The molecule has 1 aromatic carbocycles. The van der Waals surface area contributed by atoms with Gasteiger partial charge in [-0.15, -0.1) is 0 Å². The van der Waals surface area contributed by atoms with Gasteiger partial charge in [-0.1, -0.05) is 31.5 Å². The van der Waals surface area contributed by atoms with Crippen LogP contribution in [0.5, 0.6) is 11.6 Å². The summed E-state index contributed by atoms with van der Waals surface area (Å²) in [7, 11) is 0. The molecule has 0 saturated heterocycles. The lowest BCUT2D eigenvalue weighted by Gasteiger charge is -2.15.